The van der Waals surface area contributed by atoms with Crippen LogP contribution >= 0.6 is 0 Å². The Balaban J connectivity index is 2.50. The van der Waals surface area contributed by atoms with Crippen LogP contribution in [0.3, 0.4) is 0 Å². The van der Waals surface area contributed by atoms with Gasteiger partial charge < -0.3 is 10.6 Å². The minimum Gasteiger partial charge on any atom is -0.359 e. The predicted octanol–water partition coefficient (Wildman–Crippen LogP) is 2.56. The lowest BCUT2D eigenvalue weighted by atomic mass is 9.70. The van der Waals surface area contributed by atoms with Crippen LogP contribution in [0.15, 0.2) is 0 Å². The van der Waals surface area contributed by atoms with Crippen molar-refractivity contribution in [3.8, 4) is 0 Å². The number of carbonyl (C=O) groups excluding carboxylic acids is 1. The van der Waals surface area contributed by atoms with E-state index in [1.54, 1.807) is 7.05 Å². The van der Waals surface area contributed by atoms with E-state index in [1.807, 2.05) is 13.8 Å². The second-order valence-corrected chi connectivity index (χ2v) is 7.45. The molecule has 2 atom stereocenters. The summed E-state index contributed by atoms with van der Waals surface area (Å²) in [5.41, 5.74) is 0.0894. The number of hydrogen-bond acceptors (Lipinski definition) is 2. The highest BCUT2D eigenvalue weighted by Gasteiger charge is 2.33. The van der Waals surface area contributed by atoms with E-state index in [0.29, 0.717) is 11.5 Å². The zero-order valence-electron chi connectivity index (χ0n) is 12.9. The predicted molar refractivity (Wildman–Crippen MR) is 76.4 cm³/mol. The highest BCUT2D eigenvalue weighted by molar-refractivity contribution is 5.81. The molecule has 18 heavy (non-hydrogen) atoms. The lowest BCUT2D eigenvalue weighted by Gasteiger charge is -2.40. The van der Waals surface area contributed by atoms with Crippen molar-refractivity contribution in [2.75, 3.05) is 13.6 Å². The molecule has 0 aliphatic heterocycles. The Hall–Kier alpha value is -0.570. The molecule has 0 aromatic heterocycles. The van der Waals surface area contributed by atoms with E-state index >= 15 is 0 Å². The standard InChI is InChI=1S/C15H30N2O/c1-11-7-12(9-14(2,3)8-11)17-10-15(4,5)13(18)16-6/h11-12,17H,7-10H2,1-6H3,(H,16,18). The Kier molecular flexibility index (Phi) is 4.82. The molecule has 0 aromatic carbocycles. The molecule has 0 saturated heterocycles. The van der Waals surface area contributed by atoms with Crippen molar-refractivity contribution < 1.29 is 4.79 Å². The smallest absolute Gasteiger partial charge is 0.226 e. The van der Waals surface area contributed by atoms with Crippen LogP contribution in [-0.2, 0) is 4.79 Å². The Morgan fingerprint density at radius 3 is 2.44 bits per heavy atom. The molecule has 0 radical (unpaired) electrons. The zero-order valence-corrected chi connectivity index (χ0v) is 12.9. The van der Waals surface area contributed by atoms with Crippen molar-refractivity contribution in [3.63, 3.8) is 0 Å². The number of amides is 1. The highest BCUT2D eigenvalue weighted by atomic mass is 16.2. The molecule has 0 aromatic rings. The Morgan fingerprint density at radius 2 is 1.94 bits per heavy atom. The minimum atomic E-state index is -0.334. The molecule has 106 valence electrons. The third-order valence-electron chi connectivity index (χ3n) is 4.06. The summed E-state index contributed by atoms with van der Waals surface area (Å²) in [5.74, 6) is 0.882. The quantitative estimate of drug-likeness (QED) is 0.809. The lowest BCUT2D eigenvalue weighted by molar-refractivity contribution is -0.128. The van der Waals surface area contributed by atoms with Crippen LogP contribution in [-0.4, -0.2) is 25.5 Å². The summed E-state index contributed by atoms with van der Waals surface area (Å²) in [6.45, 7) is 11.8. The summed E-state index contributed by atoms with van der Waals surface area (Å²) in [4.78, 5) is 11.7. The van der Waals surface area contributed by atoms with Gasteiger partial charge in [0.15, 0.2) is 0 Å². The number of nitrogens with one attached hydrogen (secondary N) is 2. The van der Waals surface area contributed by atoms with Crippen molar-refractivity contribution in [2.24, 2.45) is 16.7 Å². The van der Waals surface area contributed by atoms with Crippen LogP contribution < -0.4 is 10.6 Å². The molecule has 1 rings (SSSR count). The minimum absolute atomic E-state index is 0.109. The molecule has 3 nitrogen and oxygen atoms in total. The van der Waals surface area contributed by atoms with E-state index in [0.717, 1.165) is 12.5 Å². The maximum atomic E-state index is 11.7. The molecule has 0 spiro atoms. The molecule has 3 heteroatoms. The van der Waals surface area contributed by atoms with Crippen molar-refractivity contribution in [3.05, 3.63) is 0 Å². The SMILES string of the molecule is CNC(=O)C(C)(C)CNC1CC(C)CC(C)(C)C1. The molecule has 1 aliphatic carbocycles. The fourth-order valence-corrected chi connectivity index (χ4v) is 3.32. The fourth-order valence-electron chi connectivity index (χ4n) is 3.32. The van der Waals surface area contributed by atoms with Crippen LogP contribution in [0.25, 0.3) is 0 Å². The lowest BCUT2D eigenvalue weighted by Crippen LogP contribution is -2.47. The molecule has 0 heterocycles. The number of hydrogen-bond donors (Lipinski definition) is 2. The third kappa shape index (κ3) is 4.27. The number of carbonyl (C=O) groups is 1. The van der Waals surface area contributed by atoms with Gasteiger partial charge in [0.1, 0.15) is 0 Å². The molecular weight excluding hydrogens is 224 g/mol. The summed E-state index contributed by atoms with van der Waals surface area (Å²) in [6, 6.07) is 0.549. The average molecular weight is 254 g/mol. The van der Waals surface area contributed by atoms with Gasteiger partial charge in [0.05, 0.1) is 5.41 Å². The van der Waals surface area contributed by atoms with Crippen molar-refractivity contribution in [2.45, 2.75) is 59.9 Å². The van der Waals surface area contributed by atoms with Crippen LogP contribution in [0.2, 0.25) is 0 Å². The largest absolute Gasteiger partial charge is 0.359 e. The number of rotatable bonds is 4. The molecule has 0 bridgehead atoms. The molecule has 2 N–H and O–H groups in total. The fraction of sp³-hybridized carbons (Fsp3) is 0.933. The monoisotopic (exact) mass is 254 g/mol. The van der Waals surface area contributed by atoms with E-state index in [-0.39, 0.29) is 11.3 Å². The molecule has 1 aliphatic rings. The van der Waals surface area contributed by atoms with Crippen LogP contribution in [0.1, 0.15) is 53.9 Å². The Bertz CT molecular complexity index is 297. The maximum Gasteiger partial charge on any atom is 0.226 e. The Morgan fingerprint density at radius 1 is 1.33 bits per heavy atom. The Labute approximate surface area is 112 Å². The summed E-state index contributed by atoms with van der Waals surface area (Å²) < 4.78 is 0. The van der Waals surface area contributed by atoms with Gasteiger partial charge in [0, 0.05) is 19.6 Å². The van der Waals surface area contributed by atoms with E-state index < -0.39 is 0 Å². The van der Waals surface area contributed by atoms with E-state index in [9.17, 15) is 4.79 Å². The second kappa shape index (κ2) is 5.60. The van der Waals surface area contributed by atoms with Crippen LogP contribution in [0.4, 0.5) is 0 Å². The second-order valence-electron chi connectivity index (χ2n) is 7.45. The summed E-state index contributed by atoms with van der Waals surface area (Å²) >= 11 is 0. The maximum absolute atomic E-state index is 11.7. The average Bonchev–Trinajstić information content (AvgIpc) is 2.22. The molecule has 1 fully saturated rings. The third-order valence-corrected chi connectivity index (χ3v) is 4.06. The van der Waals surface area contributed by atoms with Gasteiger partial charge in [-0.3, -0.25) is 4.79 Å². The van der Waals surface area contributed by atoms with Gasteiger partial charge in [-0.15, -0.1) is 0 Å². The van der Waals surface area contributed by atoms with Gasteiger partial charge in [0.25, 0.3) is 0 Å². The van der Waals surface area contributed by atoms with Gasteiger partial charge in [-0.05, 0) is 44.4 Å². The highest BCUT2D eigenvalue weighted by Crippen LogP contribution is 2.38. The van der Waals surface area contributed by atoms with E-state index in [2.05, 4.69) is 31.4 Å². The van der Waals surface area contributed by atoms with E-state index in [1.165, 1.54) is 19.3 Å². The normalized spacial score (nSPS) is 27.9. The van der Waals surface area contributed by atoms with Gasteiger partial charge in [-0.25, -0.2) is 0 Å². The molecule has 1 amide bonds. The summed E-state index contributed by atoms with van der Waals surface area (Å²) in [6.07, 6.45) is 3.75. The van der Waals surface area contributed by atoms with Gasteiger partial charge in [-0.2, -0.15) is 0 Å². The van der Waals surface area contributed by atoms with Gasteiger partial charge >= 0.3 is 0 Å². The van der Waals surface area contributed by atoms with Gasteiger partial charge in [0.2, 0.25) is 5.91 Å². The van der Waals surface area contributed by atoms with E-state index in [4.69, 9.17) is 0 Å². The van der Waals surface area contributed by atoms with Crippen LogP contribution in [0, 0.1) is 16.7 Å². The molecular formula is C15H30N2O. The summed E-state index contributed by atoms with van der Waals surface area (Å²) in [7, 11) is 1.70. The van der Waals surface area contributed by atoms with Crippen molar-refractivity contribution in [1.82, 2.24) is 10.6 Å². The first-order valence-corrected chi connectivity index (χ1v) is 7.12. The topological polar surface area (TPSA) is 41.1 Å². The summed E-state index contributed by atoms with van der Waals surface area (Å²) in [5, 5.41) is 6.34. The van der Waals surface area contributed by atoms with Crippen molar-refractivity contribution >= 4 is 5.91 Å². The first-order valence-electron chi connectivity index (χ1n) is 7.12. The molecule has 2 unspecified atom stereocenters. The van der Waals surface area contributed by atoms with Crippen molar-refractivity contribution in [1.29, 1.82) is 0 Å². The van der Waals surface area contributed by atoms with Crippen LogP contribution in [0.5, 0.6) is 0 Å². The van der Waals surface area contributed by atoms with Gasteiger partial charge in [-0.1, -0.05) is 20.8 Å². The zero-order chi connectivity index (χ0) is 14.0. The first kappa shape index (κ1) is 15.5. The molecule has 1 saturated carbocycles. The first-order chi connectivity index (χ1) is 8.16.